The van der Waals surface area contributed by atoms with Crippen molar-refractivity contribution in [3.8, 4) is 5.75 Å². The highest BCUT2D eigenvalue weighted by molar-refractivity contribution is 6.32. The zero-order valence-corrected chi connectivity index (χ0v) is 18.1. The molecule has 1 aromatic carbocycles. The number of aliphatic hydroxyl groups excluding tert-OH is 1. The molecular formula is C21H24ClN7O2. The second kappa shape index (κ2) is 9.32. The number of nitrogens with one attached hydrogen (secondary N) is 2. The molecule has 0 radical (unpaired) electrons. The molecule has 0 atom stereocenters. The van der Waals surface area contributed by atoms with Gasteiger partial charge in [-0.15, -0.1) is 10.2 Å². The summed E-state index contributed by atoms with van der Waals surface area (Å²) in [5.74, 6) is 1.89. The van der Waals surface area contributed by atoms with Crippen molar-refractivity contribution in [2.75, 3.05) is 30.9 Å². The van der Waals surface area contributed by atoms with E-state index in [1.807, 2.05) is 36.0 Å². The molecule has 3 aromatic heterocycles. The number of aryl methyl sites for hydroxylation is 1. The molecule has 0 spiro atoms. The fourth-order valence-electron chi connectivity index (χ4n) is 3.44. The van der Waals surface area contributed by atoms with Crippen LogP contribution in [0.4, 0.5) is 11.6 Å². The van der Waals surface area contributed by atoms with Crippen LogP contribution in [0.5, 0.6) is 5.75 Å². The van der Waals surface area contributed by atoms with Crippen LogP contribution in [0, 0.1) is 0 Å². The Bertz CT molecular complexity index is 1210. The summed E-state index contributed by atoms with van der Waals surface area (Å²) in [5.41, 5.74) is 1.78. The van der Waals surface area contributed by atoms with Crippen LogP contribution in [0.15, 0.2) is 30.6 Å². The number of hydrogen-bond donors (Lipinski definition) is 3. The molecule has 4 aromatic rings. The summed E-state index contributed by atoms with van der Waals surface area (Å²) in [6, 6.07) is 5.65. The van der Waals surface area contributed by atoms with Crippen LogP contribution in [0.1, 0.15) is 18.9 Å². The monoisotopic (exact) mass is 441 g/mol. The Balaban J connectivity index is 1.74. The molecule has 0 aliphatic heterocycles. The van der Waals surface area contributed by atoms with E-state index in [0.29, 0.717) is 41.9 Å². The summed E-state index contributed by atoms with van der Waals surface area (Å²) in [7, 11) is 1.59. The molecule has 0 aliphatic carbocycles. The van der Waals surface area contributed by atoms with Gasteiger partial charge in [0, 0.05) is 43.2 Å². The van der Waals surface area contributed by atoms with Crippen molar-refractivity contribution in [1.29, 1.82) is 0 Å². The number of halogens is 1. The standard InChI is InChI=1S/C21H24ClN7O2/c1-3-29-21-15(12-26-29)18-14(11-25-21)19(23-7-4-8-30)27-28-20(18)24-10-13-5-6-17(31-2)16(22)9-13/h5-6,9,11-12,30H,3-4,7-8,10H2,1-2H3,(H,23,27)(H,24,28). The SMILES string of the molecule is CCn1ncc2c3c(NCc4ccc(OC)c(Cl)c4)nnc(NCCCO)c3cnc21. The number of nitrogens with zero attached hydrogens (tertiary/aromatic N) is 5. The van der Waals surface area contributed by atoms with E-state index >= 15 is 0 Å². The zero-order valence-electron chi connectivity index (χ0n) is 17.4. The van der Waals surface area contributed by atoms with E-state index < -0.39 is 0 Å². The van der Waals surface area contributed by atoms with Crippen LogP contribution in [0.2, 0.25) is 5.02 Å². The fraction of sp³-hybridized carbons (Fsp3) is 0.333. The zero-order chi connectivity index (χ0) is 21.8. The van der Waals surface area contributed by atoms with Gasteiger partial charge in [0.25, 0.3) is 0 Å². The number of anilines is 2. The van der Waals surface area contributed by atoms with Crippen LogP contribution in [-0.4, -0.2) is 50.3 Å². The van der Waals surface area contributed by atoms with Gasteiger partial charge in [-0.3, -0.25) is 0 Å². The summed E-state index contributed by atoms with van der Waals surface area (Å²) in [5, 5.41) is 32.1. The van der Waals surface area contributed by atoms with E-state index in [-0.39, 0.29) is 6.61 Å². The van der Waals surface area contributed by atoms with Gasteiger partial charge in [-0.25, -0.2) is 9.67 Å². The van der Waals surface area contributed by atoms with Crippen LogP contribution < -0.4 is 15.4 Å². The third kappa shape index (κ3) is 4.19. The molecule has 0 aliphatic rings. The van der Waals surface area contributed by atoms with Gasteiger partial charge in [-0.2, -0.15) is 5.10 Å². The van der Waals surface area contributed by atoms with Gasteiger partial charge in [-0.05, 0) is 31.0 Å². The quantitative estimate of drug-likeness (QED) is 0.339. The van der Waals surface area contributed by atoms with Gasteiger partial charge >= 0.3 is 0 Å². The Labute approximate surface area is 184 Å². The summed E-state index contributed by atoms with van der Waals surface area (Å²) in [6.45, 7) is 3.95. The minimum absolute atomic E-state index is 0.105. The Morgan fingerprint density at radius 1 is 1.13 bits per heavy atom. The molecule has 0 saturated carbocycles. The predicted octanol–water partition coefficient (Wildman–Crippen LogP) is 3.46. The predicted molar refractivity (Wildman–Crippen MR) is 122 cm³/mol. The molecule has 31 heavy (non-hydrogen) atoms. The van der Waals surface area contributed by atoms with E-state index in [1.165, 1.54) is 0 Å². The summed E-state index contributed by atoms with van der Waals surface area (Å²) in [6.07, 6.45) is 4.21. The van der Waals surface area contributed by atoms with E-state index in [4.69, 9.17) is 21.4 Å². The molecule has 4 rings (SSSR count). The molecule has 0 saturated heterocycles. The van der Waals surface area contributed by atoms with Gasteiger partial charge < -0.3 is 20.5 Å². The van der Waals surface area contributed by atoms with Crippen LogP contribution in [-0.2, 0) is 13.1 Å². The number of hydrogen-bond acceptors (Lipinski definition) is 8. The second-order valence-corrected chi connectivity index (χ2v) is 7.38. The Hall–Kier alpha value is -3.17. The lowest BCUT2D eigenvalue weighted by atomic mass is 10.1. The lowest BCUT2D eigenvalue weighted by Crippen LogP contribution is -2.09. The first-order valence-corrected chi connectivity index (χ1v) is 10.5. The van der Waals surface area contributed by atoms with Crippen molar-refractivity contribution in [3.63, 3.8) is 0 Å². The second-order valence-electron chi connectivity index (χ2n) is 6.97. The van der Waals surface area contributed by atoms with Gasteiger partial charge in [0.2, 0.25) is 0 Å². The van der Waals surface area contributed by atoms with Gasteiger partial charge in [0.1, 0.15) is 5.75 Å². The first-order valence-electron chi connectivity index (χ1n) is 10.1. The minimum atomic E-state index is 0.105. The lowest BCUT2D eigenvalue weighted by Gasteiger charge is -2.13. The first kappa shape index (κ1) is 21.1. The van der Waals surface area contributed by atoms with E-state index in [0.717, 1.165) is 33.9 Å². The molecule has 162 valence electrons. The van der Waals surface area contributed by atoms with E-state index in [1.54, 1.807) is 13.3 Å². The van der Waals surface area contributed by atoms with Crippen molar-refractivity contribution < 1.29 is 9.84 Å². The summed E-state index contributed by atoms with van der Waals surface area (Å²) < 4.78 is 7.07. The molecule has 3 N–H and O–H groups in total. The number of rotatable bonds is 9. The normalized spacial score (nSPS) is 11.2. The molecule has 0 fully saturated rings. The molecule has 0 unspecified atom stereocenters. The van der Waals surface area contributed by atoms with Crippen molar-refractivity contribution in [2.45, 2.75) is 26.4 Å². The van der Waals surface area contributed by atoms with Crippen molar-refractivity contribution in [2.24, 2.45) is 0 Å². The number of ether oxygens (including phenoxy) is 1. The third-order valence-corrected chi connectivity index (χ3v) is 5.31. The largest absolute Gasteiger partial charge is 0.495 e. The maximum atomic E-state index is 9.08. The number of fused-ring (bicyclic) bond motifs is 3. The maximum Gasteiger partial charge on any atom is 0.158 e. The summed E-state index contributed by atoms with van der Waals surface area (Å²) >= 11 is 6.26. The lowest BCUT2D eigenvalue weighted by molar-refractivity contribution is 0.292. The van der Waals surface area contributed by atoms with Crippen molar-refractivity contribution in [3.05, 3.63) is 41.2 Å². The Morgan fingerprint density at radius 3 is 2.71 bits per heavy atom. The topological polar surface area (TPSA) is 110 Å². The van der Waals surface area contributed by atoms with E-state index in [2.05, 4.69) is 30.9 Å². The van der Waals surface area contributed by atoms with Crippen LogP contribution in [0.3, 0.4) is 0 Å². The summed E-state index contributed by atoms with van der Waals surface area (Å²) in [4.78, 5) is 4.60. The molecular weight excluding hydrogens is 418 g/mol. The Kier molecular flexibility index (Phi) is 6.34. The first-order chi connectivity index (χ1) is 15.2. The highest BCUT2D eigenvalue weighted by Crippen LogP contribution is 2.32. The van der Waals surface area contributed by atoms with Crippen molar-refractivity contribution >= 4 is 45.0 Å². The van der Waals surface area contributed by atoms with Gasteiger partial charge in [0.05, 0.1) is 23.7 Å². The number of aromatic nitrogens is 5. The maximum absolute atomic E-state index is 9.08. The number of pyridine rings is 1. The molecule has 9 nitrogen and oxygen atoms in total. The average molecular weight is 442 g/mol. The van der Waals surface area contributed by atoms with Crippen LogP contribution in [0.25, 0.3) is 21.8 Å². The van der Waals surface area contributed by atoms with Crippen LogP contribution >= 0.6 is 11.6 Å². The van der Waals surface area contributed by atoms with E-state index in [9.17, 15) is 0 Å². The third-order valence-electron chi connectivity index (χ3n) is 5.01. The average Bonchev–Trinajstić information content (AvgIpc) is 3.22. The number of methoxy groups -OCH3 is 1. The van der Waals surface area contributed by atoms with Gasteiger partial charge in [-0.1, -0.05) is 17.7 Å². The highest BCUT2D eigenvalue weighted by atomic mass is 35.5. The minimum Gasteiger partial charge on any atom is -0.495 e. The molecule has 0 bridgehead atoms. The van der Waals surface area contributed by atoms with Gasteiger partial charge in [0.15, 0.2) is 17.3 Å². The molecule has 3 heterocycles. The number of aliphatic hydroxyl groups is 1. The smallest absolute Gasteiger partial charge is 0.158 e. The highest BCUT2D eigenvalue weighted by Gasteiger charge is 2.16. The molecule has 10 heteroatoms. The number of benzene rings is 1. The molecule has 0 amide bonds. The fourth-order valence-corrected chi connectivity index (χ4v) is 3.72. The van der Waals surface area contributed by atoms with Crippen molar-refractivity contribution in [1.82, 2.24) is 25.0 Å². The Morgan fingerprint density at radius 2 is 1.97 bits per heavy atom.